The summed E-state index contributed by atoms with van der Waals surface area (Å²) in [6, 6.07) is 9.62. The third-order valence-corrected chi connectivity index (χ3v) is 6.83. The normalized spacial score (nSPS) is 24.5. The fourth-order valence-electron chi connectivity index (χ4n) is 4.25. The van der Waals surface area contributed by atoms with E-state index in [1.54, 1.807) is 6.07 Å². The van der Waals surface area contributed by atoms with Crippen LogP contribution in [0.5, 0.6) is 11.5 Å². The molecule has 1 saturated heterocycles. The number of carbonyl (C=O) groups is 4. The maximum Gasteiger partial charge on any atom is 0.342 e. The number of carbonyl (C=O) groups excluding carboxylic acids is 3. The summed E-state index contributed by atoms with van der Waals surface area (Å²) >= 11 is 0.944. The van der Waals surface area contributed by atoms with Gasteiger partial charge < -0.3 is 20.7 Å². The van der Waals surface area contributed by atoms with Crippen LogP contribution in [0.15, 0.2) is 53.1 Å². The quantitative estimate of drug-likeness (QED) is 0.361. The number of phenolic OH excluding ortho intramolecular Hbond substituents is 1. The molecule has 31 heavy (non-hydrogen) atoms. The molecule has 0 aliphatic carbocycles. The van der Waals surface area contributed by atoms with Crippen molar-refractivity contribution >= 4 is 41.2 Å². The van der Waals surface area contributed by atoms with Crippen LogP contribution in [0, 0.1) is 5.92 Å². The second-order valence-corrected chi connectivity index (χ2v) is 8.48. The number of thioether (sulfide) groups is 1. The van der Waals surface area contributed by atoms with E-state index >= 15 is 0 Å². The molecule has 3 heterocycles. The van der Waals surface area contributed by atoms with E-state index in [9.17, 15) is 24.3 Å². The lowest BCUT2D eigenvalue weighted by molar-refractivity contribution is -0.131. The number of nitrogens with two attached hydrogens (primary N) is 1. The lowest BCUT2D eigenvalue weighted by Crippen LogP contribution is -2.39. The van der Waals surface area contributed by atoms with E-state index in [0.717, 1.165) is 16.7 Å². The van der Waals surface area contributed by atoms with E-state index in [4.69, 9.17) is 15.6 Å². The summed E-state index contributed by atoms with van der Waals surface area (Å²) in [7, 11) is 0. The number of esters is 1. The lowest BCUT2D eigenvalue weighted by atomic mass is 9.77. The number of hydrogen-bond acceptors (Lipinski definition) is 8. The Bertz CT molecular complexity index is 1220. The van der Waals surface area contributed by atoms with Gasteiger partial charge in [-0.1, -0.05) is 17.8 Å². The molecule has 9 nitrogen and oxygen atoms in total. The summed E-state index contributed by atoms with van der Waals surface area (Å²) in [6.07, 6.45) is 0. The van der Waals surface area contributed by atoms with Crippen molar-refractivity contribution < 1.29 is 34.1 Å². The van der Waals surface area contributed by atoms with Crippen molar-refractivity contribution in [1.29, 1.82) is 0 Å². The molecule has 3 aliphatic heterocycles. The second kappa shape index (κ2) is 6.61. The molecule has 4 N–H and O–H groups in total. The molecule has 3 atom stereocenters. The maximum atomic E-state index is 13.4. The van der Waals surface area contributed by atoms with Gasteiger partial charge in [-0.05, 0) is 30.3 Å². The summed E-state index contributed by atoms with van der Waals surface area (Å²) in [5.74, 6) is -4.57. The van der Waals surface area contributed by atoms with Crippen LogP contribution in [0.3, 0.4) is 0 Å². The first-order valence-electron chi connectivity index (χ1n) is 9.20. The van der Waals surface area contributed by atoms with Gasteiger partial charge in [0.2, 0.25) is 11.8 Å². The van der Waals surface area contributed by atoms with Gasteiger partial charge in [-0.25, -0.2) is 14.5 Å². The molecular weight excluding hydrogens is 424 g/mol. The Morgan fingerprint density at radius 1 is 1.06 bits per heavy atom. The minimum Gasteiger partial charge on any atom is -0.508 e. The lowest BCUT2D eigenvalue weighted by Gasteiger charge is -2.36. The molecule has 1 fully saturated rings. The summed E-state index contributed by atoms with van der Waals surface area (Å²) < 4.78 is 5.29. The highest BCUT2D eigenvalue weighted by Gasteiger charge is 2.58. The van der Waals surface area contributed by atoms with Crippen molar-refractivity contribution in [3.05, 3.63) is 64.2 Å². The molecule has 2 aromatic rings. The highest BCUT2D eigenvalue weighted by atomic mass is 32.2. The smallest absolute Gasteiger partial charge is 0.342 e. The van der Waals surface area contributed by atoms with Crippen LogP contribution in [0.25, 0.3) is 0 Å². The molecule has 156 valence electrons. The Morgan fingerprint density at radius 2 is 1.77 bits per heavy atom. The standard InChI is InChI=1S/C21H14N2O7S/c22-17-15-13(11-6-5-10(24)7-12(11)30-21(15)29)14-16(31-17)19(26)23(18(14)25)9-3-1-8(2-4-9)20(27)28/h1-7,13-14,16,24H,22H2,(H,27,28)/t13-,14-,16-/m1/s1. The minimum absolute atomic E-state index is 0.0200. The second-order valence-electron chi connectivity index (χ2n) is 7.30. The van der Waals surface area contributed by atoms with Crippen LogP contribution >= 0.6 is 11.8 Å². The highest BCUT2D eigenvalue weighted by molar-refractivity contribution is 8.04. The number of carboxylic acid groups (broad SMARTS) is 1. The predicted molar refractivity (Wildman–Crippen MR) is 108 cm³/mol. The van der Waals surface area contributed by atoms with Crippen molar-refractivity contribution in [3.8, 4) is 11.5 Å². The van der Waals surface area contributed by atoms with E-state index in [0.29, 0.717) is 5.56 Å². The third-order valence-electron chi connectivity index (χ3n) is 5.61. The number of fused-ring (bicyclic) bond motifs is 5. The number of hydrogen-bond donors (Lipinski definition) is 3. The zero-order valence-corrected chi connectivity index (χ0v) is 16.5. The molecule has 0 unspecified atom stereocenters. The molecule has 2 amide bonds. The van der Waals surface area contributed by atoms with Crippen molar-refractivity contribution in [2.24, 2.45) is 11.7 Å². The molecule has 10 heteroatoms. The summed E-state index contributed by atoms with van der Waals surface area (Å²) in [5.41, 5.74) is 6.97. The minimum atomic E-state index is -1.13. The number of rotatable bonds is 2. The van der Waals surface area contributed by atoms with Gasteiger partial charge in [-0.2, -0.15) is 0 Å². The fraction of sp³-hybridized carbons (Fsp3) is 0.143. The topological polar surface area (TPSA) is 147 Å². The van der Waals surface area contributed by atoms with Crippen LogP contribution in [0.4, 0.5) is 5.69 Å². The predicted octanol–water partition coefficient (Wildman–Crippen LogP) is 1.57. The average molecular weight is 438 g/mol. The van der Waals surface area contributed by atoms with Gasteiger partial charge in [0.25, 0.3) is 0 Å². The van der Waals surface area contributed by atoms with E-state index in [-0.39, 0.29) is 33.4 Å². The Balaban J connectivity index is 1.61. The van der Waals surface area contributed by atoms with Crippen molar-refractivity contribution in [2.75, 3.05) is 4.90 Å². The Kier molecular flexibility index (Phi) is 4.09. The van der Waals surface area contributed by atoms with Gasteiger partial charge >= 0.3 is 11.9 Å². The molecule has 0 spiro atoms. The van der Waals surface area contributed by atoms with Crippen molar-refractivity contribution in [2.45, 2.75) is 11.2 Å². The molecular formula is C21H14N2O7S. The van der Waals surface area contributed by atoms with Crippen LogP contribution in [-0.2, 0) is 14.4 Å². The zero-order chi connectivity index (χ0) is 22.0. The number of benzene rings is 2. The molecule has 0 saturated carbocycles. The molecule has 0 radical (unpaired) electrons. The summed E-state index contributed by atoms with van der Waals surface area (Å²) in [4.78, 5) is 51.3. The number of phenols is 1. The van der Waals surface area contributed by atoms with Gasteiger partial charge in [0, 0.05) is 17.5 Å². The van der Waals surface area contributed by atoms with E-state index < -0.39 is 40.8 Å². The first-order valence-corrected chi connectivity index (χ1v) is 10.1. The van der Waals surface area contributed by atoms with Gasteiger partial charge in [-0.15, -0.1) is 0 Å². The SMILES string of the molecule is NC1=C2C(=O)Oc3cc(O)ccc3[C@@H]2[C@H]2C(=O)N(c3ccc(C(=O)O)cc3)C(=O)[C@@H]2S1. The summed E-state index contributed by atoms with van der Waals surface area (Å²) in [6.45, 7) is 0. The Morgan fingerprint density at radius 3 is 2.45 bits per heavy atom. The highest BCUT2D eigenvalue weighted by Crippen LogP contribution is 2.54. The number of nitrogens with zero attached hydrogens (tertiary/aromatic N) is 1. The first-order chi connectivity index (χ1) is 14.8. The van der Waals surface area contributed by atoms with Crippen molar-refractivity contribution in [1.82, 2.24) is 0 Å². The first kappa shape index (κ1) is 19.2. The number of ether oxygens (including phenoxy) is 1. The molecule has 2 aromatic carbocycles. The van der Waals surface area contributed by atoms with E-state index in [1.807, 2.05) is 0 Å². The number of aromatic hydroxyl groups is 1. The van der Waals surface area contributed by atoms with E-state index in [1.165, 1.54) is 36.4 Å². The van der Waals surface area contributed by atoms with Gasteiger partial charge in [-0.3, -0.25) is 9.59 Å². The number of amides is 2. The summed E-state index contributed by atoms with van der Waals surface area (Å²) in [5, 5.41) is 18.1. The third kappa shape index (κ3) is 2.72. The van der Waals surface area contributed by atoms with Gasteiger partial charge in [0.1, 0.15) is 16.7 Å². The van der Waals surface area contributed by atoms with Crippen LogP contribution in [-0.4, -0.2) is 39.2 Å². The number of imide groups is 1. The average Bonchev–Trinajstić information content (AvgIpc) is 2.97. The van der Waals surface area contributed by atoms with Gasteiger partial charge in [0.15, 0.2) is 0 Å². The monoisotopic (exact) mass is 438 g/mol. The zero-order valence-electron chi connectivity index (χ0n) is 15.6. The molecule has 3 aliphatic rings. The number of anilines is 1. The van der Waals surface area contributed by atoms with Crippen LogP contribution in [0.2, 0.25) is 0 Å². The maximum absolute atomic E-state index is 13.4. The van der Waals surface area contributed by atoms with Crippen LogP contribution in [0.1, 0.15) is 21.8 Å². The number of aromatic carboxylic acids is 1. The Hall–Kier alpha value is -3.79. The largest absolute Gasteiger partial charge is 0.508 e. The molecule has 0 bridgehead atoms. The molecule has 0 aromatic heterocycles. The van der Waals surface area contributed by atoms with Crippen LogP contribution < -0.4 is 15.4 Å². The molecule has 5 rings (SSSR count). The van der Waals surface area contributed by atoms with E-state index in [2.05, 4.69) is 0 Å². The fourth-order valence-corrected chi connectivity index (χ4v) is 5.49. The Labute approximate surface area is 179 Å². The number of carboxylic acids is 1. The van der Waals surface area contributed by atoms with Gasteiger partial charge in [0.05, 0.1) is 27.8 Å². The van der Waals surface area contributed by atoms with Crippen molar-refractivity contribution in [3.63, 3.8) is 0 Å².